The normalized spacial score (nSPS) is 11.9. The van der Waals surface area contributed by atoms with Crippen molar-refractivity contribution < 1.29 is 14.4 Å². The Balaban J connectivity index is 2.59. The topological polar surface area (TPSA) is 89.4 Å². The van der Waals surface area contributed by atoms with Crippen molar-refractivity contribution in [3.63, 3.8) is 0 Å². The Morgan fingerprint density at radius 2 is 2.19 bits per heavy atom. The molecule has 0 unspecified atom stereocenters. The number of non-ortho nitro benzene ring substituents is 1. The van der Waals surface area contributed by atoms with Gasteiger partial charge in [0.15, 0.2) is 5.58 Å². The molecule has 1 aromatic heterocycles. The van der Waals surface area contributed by atoms with Crippen LogP contribution in [0.4, 0.5) is 5.69 Å². The summed E-state index contributed by atoms with van der Waals surface area (Å²) in [5.74, 6) is 0.142. The number of oxazole rings is 1. The van der Waals surface area contributed by atoms with Gasteiger partial charge in [-0.25, -0.2) is 4.98 Å². The zero-order valence-electron chi connectivity index (χ0n) is 8.80. The van der Waals surface area contributed by atoms with Crippen molar-refractivity contribution in [2.24, 2.45) is 0 Å². The van der Waals surface area contributed by atoms with Crippen LogP contribution in [0.5, 0.6) is 0 Å². The zero-order valence-corrected chi connectivity index (χ0v) is 8.80. The molecule has 84 valence electrons. The van der Waals surface area contributed by atoms with E-state index in [-0.39, 0.29) is 11.6 Å². The van der Waals surface area contributed by atoms with E-state index in [9.17, 15) is 15.2 Å². The average Bonchev–Trinajstić information content (AvgIpc) is 2.58. The monoisotopic (exact) mass is 222 g/mol. The summed E-state index contributed by atoms with van der Waals surface area (Å²) in [6.07, 6.45) is 0. The summed E-state index contributed by atoms with van der Waals surface area (Å²) in [5, 5.41) is 20.2. The van der Waals surface area contributed by atoms with E-state index in [0.717, 1.165) is 0 Å². The zero-order chi connectivity index (χ0) is 11.9. The number of nitrogens with zero attached hydrogens (tertiary/aromatic N) is 2. The third-order valence-corrected chi connectivity index (χ3v) is 2.11. The van der Waals surface area contributed by atoms with E-state index >= 15 is 0 Å². The molecule has 0 fully saturated rings. The second kappa shape index (κ2) is 3.28. The number of benzene rings is 1. The van der Waals surface area contributed by atoms with Crippen LogP contribution in [0.25, 0.3) is 11.1 Å². The standard InChI is InChI=1S/C10H10N2O4/c1-10(2,13)9-11-7-5-6(12(14)15)3-4-8(7)16-9/h3-5,13H,1-2H3. The predicted octanol–water partition coefficient (Wildman–Crippen LogP) is 1.96. The van der Waals surface area contributed by atoms with E-state index in [4.69, 9.17) is 4.42 Å². The SMILES string of the molecule is CC(C)(O)c1nc2cc([N+](=O)[O-])ccc2o1. The third kappa shape index (κ3) is 1.74. The predicted molar refractivity (Wildman–Crippen MR) is 55.9 cm³/mol. The summed E-state index contributed by atoms with van der Waals surface area (Å²) in [4.78, 5) is 14.0. The molecule has 16 heavy (non-hydrogen) atoms. The lowest BCUT2D eigenvalue weighted by Crippen LogP contribution is -2.15. The molecule has 1 N–H and O–H groups in total. The highest BCUT2D eigenvalue weighted by Gasteiger charge is 2.23. The first-order valence-corrected chi connectivity index (χ1v) is 4.66. The van der Waals surface area contributed by atoms with Gasteiger partial charge in [0.1, 0.15) is 11.1 Å². The van der Waals surface area contributed by atoms with Crippen molar-refractivity contribution >= 4 is 16.8 Å². The minimum absolute atomic E-state index is 0.0527. The van der Waals surface area contributed by atoms with E-state index < -0.39 is 10.5 Å². The fraction of sp³-hybridized carbons (Fsp3) is 0.300. The highest BCUT2D eigenvalue weighted by molar-refractivity contribution is 5.75. The number of aliphatic hydroxyl groups is 1. The molecular formula is C10H10N2O4. The first-order valence-electron chi connectivity index (χ1n) is 4.66. The van der Waals surface area contributed by atoms with Crippen LogP contribution in [-0.4, -0.2) is 15.0 Å². The Morgan fingerprint density at radius 3 is 2.75 bits per heavy atom. The van der Waals surface area contributed by atoms with E-state index in [2.05, 4.69) is 4.98 Å². The highest BCUT2D eigenvalue weighted by Crippen LogP contribution is 2.26. The summed E-state index contributed by atoms with van der Waals surface area (Å²) in [6, 6.07) is 4.12. The molecule has 0 atom stereocenters. The molecule has 0 saturated carbocycles. The van der Waals surface area contributed by atoms with Crippen molar-refractivity contribution in [3.8, 4) is 0 Å². The van der Waals surface area contributed by atoms with Crippen molar-refractivity contribution in [3.05, 3.63) is 34.2 Å². The molecule has 0 aliphatic rings. The quantitative estimate of drug-likeness (QED) is 0.619. The van der Waals surface area contributed by atoms with Crippen molar-refractivity contribution in [1.29, 1.82) is 0 Å². The molecule has 0 aliphatic carbocycles. The molecule has 6 nitrogen and oxygen atoms in total. The second-order valence-electron chi connectivity index (χ2n) is 3.99. The molecule has 6 heteroatoms. The maximum atomic E-state index is 10.5. The Hall–Kier alpha value is -1.95. The number of hydrogen-bond donors (Lipinski definition) is 1. The minimum Gasteiger partial charge on any atom is -0.438 e. The van der Waals surface area contributed by atoms with E-state index in [0.29, 0.717) is 11.1 Å². The van der Waals surface area contributed by atoms with Crippen molar-refractivity contribution in [1.82, 2.24) is 4.98 Å². The van der Waals surface area contributed by atoms with E-state index in [1.54, 1.807) is 0 Å². The summed E-state index contributed by atoms with van der Waals surface area (Å²) in [7, 11) is 0. The van der Waals surface area contributed by atoms with Gasteiger partial charge in [-0.2, -0.15) is 0 Å². The second-order valence-corrected chi connectivity index (χ2v) is 3.99. The van der Waals surface area contributed by atoms with Crippen molar-refractivity contribution in [2.75, 3.05) is 0 Å². The van der Waals surface area contributed by atoms with Crippen LogP contribution in [-0.2, 0) is 5.60 Å². The molecular weight excluding hydrogens is 212 g/mol. The number of nitro groups is 1. The fourth-order valence-electron chi connectivity index (χ4n) is 1.29. The maximum Gasteiger partial charge on any atom is 0.271 e. The molecule has 0 bridgehead atoms. The molecule has 0 spiro atoms. The lowest BCUT2D eigenvalue weighted by molar-refractivity contribution is -0.384. The highest BCUT2D eigenvalue weighted by atomic mass is 16.6. The molecule has 0 aliphatic heterocycles. The Labute approximate surface area is 90.7 Å². The van der Waals surface area contributed by atoms with Gasteiger partial charge in [-0.05, 0) is 19.9 Å². The summed E-state index contributed by atoms with van der Waals surface area (Å²) < 4.78 is 5.28. The molecule has 0 radical (unpaired) electrons. The van der Waals surface area contributed by atoms with Crippen molar-refractivity contribution in [2.45, 2.75) is 19.4 Å². The van der Waals surface area contributed by atoms with Gasteiger partial charge in [0.25, 0.3) is 5.69 Å². The molecule has 0 saturated heterocycles. The van der Waals surface area contributed by atoms with Gasteiger partial charge in [-0.15, -0.1) is 0 Å². The minimum atomic E-state index is -1.20. The van der Waals surface area contributed by atoms with E-state index in [1.165, 1.54) is 32.0 Å². The van der Waals surface area contributed by atoms with Crippen LogP contribution < -0.4 is 0 Å². The van der Waals surface area contributed by atoms with Gasteiger partial charge < -0.3 is 9.52 Å². The first-order chi connectivity index (χ1) is 7.38. The average molecular weight is 222 g/mol. The molecule has 1 aromatic carbocycles. The first kappa shape index (κ1) is 10.6. The van der Waals surface area contributed by atoms with Crippen LogP contribution >= 0.6 is 0 Å². The molecule has 1 heterocycles. The molecule has 2 rings (SSSR count). The van der Waals surface area contributed by atoms with Crippen LogP contribution in [0.15, 0.2) is 22.6 Å². The van der Waals surface area contributed by atoms with Gasteiger partial charge in [-0.3, -0.25) is 10.1 Å². The van der Waals surface area contributed by atoms with Gasteiger partial charge in [0, 0.05) is 12.1 Å². The number of fused-ring (bicyclic) bond motifs is 1. The third-order valence-electron chi connectivity index (χ3n) is 2.11. The Morgan fingerprint density at radius 1 is 1.50 bits per heavy atom. The van der Waals surface area contributed by atoms with E-state index in [1.807, 2.05) is 0 Å². The largest absolute Gasteiger partial charge is 0.438 e. The van der Waals surface area contributed by atoms with Gasteiger partial charge in [0.05, 0.1) is 4.92 Å². The number of aromatic nitrogens is 1. The smallest absolute Gasteiger partial charge is 0.271 e. The summed E-state index contributed by atoms with van der Waals surface area (Å²) >= 11 is 0. The number of hydrogen-bond acceptors (Lipinski definition) is 5. The maximum absolute atomic E-state index is 10.5. The summed E-state index contributed by atoms with van der Waals surface area (Å²) in [6.45, 7) is 3.07. The lowest BCUT2D eigenvalue weighted by atomic mass is 10.1. The Bertz CT molecular complexity index is 553. The fourth-order valence-corrected chi connectivity index (χ4v) is 1.29. The number of nitro benzene ring substituents is 1. The lowest BCUT2D eigenvalue weighted by Gasteiger charge is -2.10. The molecule has 0 amide bonds. The van der Waals surface area contributed by atoms with Gasteiger partial charge in [0.2, 0.25) is 5.89 Å². The van der Waals surface area contributed by atoms with Crippen LogP contribution in [0, 0.1) is 10.1 Å². The van der Waals surface area contributed by atoms with Gasteiger partial charge in [-0.1, -0.05) is 0 Å². The van der Waals surface area contributed by atoms with Crippen LogP contribution in [0.2, 0.25) is 0 Å². The van der Waals surface area contributed by atoms with Crippen LogP contribution in [0.3, 0.4) is 0 Å². The van der Waals surface area contributed by atoms with Gasteiger partial charge >= 0.3 is 0 Å². The van der Waals surface area contributed by atoms with Crippen LogP contribution in [0.1, 0.15) is 19.7 Å². The molecule has 2 aromatic rings. The Kier molecular flexibility index (Phi) is 2.16. The number of rotatable bonds is 2. The summed E-state index contributed by atoms with van der Waals surface area (Å²) in [5.41, 5.74) is -0.467.